The topological polar surface area (TPSA) is 68.0 Å². The zero-order valence-electron chi connectivity index (χ0n) is 11.2. The van der Waals surface area contributed by atoms with E-state index in [1.54, 1.807) is 16.7 Å². The van der Waals surface area contributed by atoms with Crippen LogP contribution in [0.5, 0.6) is 0 Å². The highest BCUT2D eigenvalue weighted by Crippen LogP contribution is 2.27. The molecule has 0 saturated heterocycles. The maximum Gasteiger partial charge on any atom is 0.313 e. The lowest BCUT2D eigenvalue weighted by Gasteiger charge is -2.09. The Hall–Kier alpha value is -1.41. The Bertz CT molecular complexity index is 663. The molecule has 21 heavy (non-hydrogen) atoms. The fourth-order valence-corrected chi connectivity index (χ4v) is 2.83. The molecule has 5 nitrogen and oxygen atoms in total. The minimum absolute atomic E-state index is 0.106. The van der Waals surface area contributed by atoms with Gasteiger partial charge in [0.1, 0.15) is 5.82 Å². The highest BCUT2D eigenvalue weighted by Gasteiger charge is 2.17. The van der Waals surface area contributed by atoms with Gasteiger partial charge in [0.2, 0.25) is 0 Å². The van der Waals surface area contributed by atoms with Crippen LogP contribution in [0.4, 0.5) is 4.39 Å². The molecule has 0 fully saturated rings. The third-order valence-corrected chi connectivity index (χ3v) is 4.11. The minimum atomic E-state index is -0.928. The Balaban J connectivity index is 2.41. The van der Waals surface area contributed by atoms with Gasteiger partial charge in [-0.05, 0) is 24.6 Å². The molecule has 0 saturated carbocycles. The Morgan fingerprint density at radius 3 is 2.86 bits per heavy atom. The Morgan fingerprint density at radius 2 is 2.24 bits per heavy atom. The van der Waals surface area contributed by atoms with E-state index >= 15 is 0 Å². The standard InChI is InChI=1S/C13H13BrFN3O2S/c1-2-5-18-12(9-4-3-8(14)6-10(9)15)16-17-13(18)21-7-11(19)20/h3-4,6H,2,5,7H2,1H3,(H,19,20). The number of carboxylic acid groups (broad SMARTS) is 1. The second-order valence-electron chi connectivity index (χ2n) is 4.26. The lowest BCUT2D eigenvalue weighted by molar-refractivity contribution is -0.133. The van der Waals surface area contributed by atoms with Crippen LogP contribution in [0.1, 0.15) is 13.3 Å². The minimum Gasteiger partial charge on any atom is -0.481 e. The van der Waals surface area contributed by atoms with E-state index in [-0.39, 0.29) is 5.75 Å². The largest absolute Gasteiger partial charge is 0.481 e. The molecule has 8 heteroatoms. The SMILES string of the molecule is CCCn1c(SCC(=O)O)nnc1-c1ccc(Br)cc1F. The number of aromatic nitrogens is 3. The Labute approximate surface area is 133 Å². The summed E-state index contributed by atoms with van der Waals surface area (Å²) < 4.78 is 16.5. The van der Waals surface area contributed by atoms with E-state index < -0.39 is 11.8 Å². The molecule has 0 aliphatic rings. The second kappa shape index (κ2) is 7.04. The molecule has 2 rings (SSSR count). The first-order valence-corrected chi connectivity index (χ1v) is 8.04. The summed E-state index contributed by atoms with van der Waals surface area (Å²) in [6.07, 6.45) is 0.809. The van der Waals surface area contributed by atoms with Crippen LogP contribution in [0.2, 0.25) is 0 Å². The number of hydrogen-bond donors (Lipinski definition) is 1. The van der Waals surface area contributed by atoms with Crippen LogP contribution in [0.3, 0.4) is 0 Å². The Kier molecular flexibility index (Phi) is 5.35. The molecule has 0 radical (unpaired) electrons. The van der Waals surface area contributed by atoms with Crippen LogP contribution in [0, 0.1) is 5.82 Å². The van der Waals surface area contributed by atoms with E-state index in [1.165, 1.54) is 6.07 Å². The van der Waals surface area contributed by atoms with Gasteiger partial charge in [-0.25, -0.2) is 4.39 Å². The molecule has 0 atom stereocenters. The van der Waals surface area contributed by atoms with Crippen LogP contribution in [-0.4, -0.2) is 31.6 Å². The molecule has 2 aromatic rings. The summed E-state index contributed by atoms with van der Waals surface area (Å²) in [5, 5.41) is 17.2. The summed E-state index contributed by atoms with van der Waals surface area (Å²) >= 11 is 4.29. The van der Waals surface area contributed by atoms with Crippen LogP contribution in [-0.2, 0) is 11.3 Å². The second-order valence-corrected chi connectivity index (χ2v) is 6.12. The van der Waals surface area contributed by atoms with Crippen molar-refractivity contribution in [3.63, 3.8) is 0 Å². The van der Waals surface area contributed by atoms with Crippen molar-refractivity contribution < 1.29 is 14.3 Å². The highest BCUT2D eigenvalue weighted by atomic mass is 79.9. The van der Waals surface area contributed by atoms with Gasteiger partial charge in [0, 0.05) is 11.0 Å². The van der Waals surface area contributed by atoms with Gasteiger partial charge in [-0.3, -0.25) is 4.79 Å². The van der Waals surface area contributed by atoms with Crippen molar-refractivity contribution >= 4 is 33.7 Å². The number of carboxylic acids is 1. The number of rotatable bonds is 6. The van der Waals surface area contributed by atoms with E-state index in [0.717, 1.165) is 18.2 Å². The maximum absolute atomic E-state index is 14.1. The molecule has 0 unspecified atom stereocenters. The van der Waals surface area contributed by atoms with Gasteiger partial charge in [-0.2, -0.15) is 0 Å². The van der Waals surface area contributed by atoms with Gasteiger partial charge in [0.05, 0.1) is 11.3 Å². The van der Waals surface area contributed by atoms with Gasteiger partial charge in [-0.1, -0.05) is 34.6 Å². The molecule has 1 aromatic heterocycles. The molecule has 0 amide bonds. The molecular formula is C13H13BrFN3O2S. The first-order valence-electron chi connectivity index (χ1n) is 6.26. The van der Waals surface area contributed by atoms with Crippen molar-refractivity contribution in [1.29, 1.82) is 0 Å². The lowest BCUT2D eigenvalue weighted by Crippen LogP contribution is -2.05. The average molecular weight is 374 g/mol. The van der Waals surface area contributed by atoms with E-state index in [1.807, 2.05) is 6.92 Å². The predicted molar refractivity (Wildman–Crippen MR) is 81.8 cm³/mol. The zero-order chi connectivity index (χ0) is 15.4. The van der Waals surface area contributed by atoms with E-state index in [0.29, 0.717) is 27.6 Å². The maximum atomic E-state index is 14.1. The van der Waals surface area contributed by atoms with Gasteiger partial charge in [0.15, 0.2) is 11.0 Å². The third kappa shape index (κ3) is 3.82. The fraction of sp³-hybridized carbons (Fsp3) is 0.308. The summed E-state index contributed by atoms with van der Waals surface area (Å²) in [6.45, 7) is 2.58. The summed E-state index contributed by atoms with van der Waals surface area (Å²) in [6, 6.07) is 4.72. The van der Waals surface area contributed by atoms with Crippen LogP contribution in [0.25, 0.3) is 11.4 Å². The molecule has 0 aliphatic heterocycles. The smallest absolute Gasteiger partial charge is 0.313 e. The third-order valence-electron chi connectivity index (χ3n) is 2.66. The number of carbonyl (C=O) groups is 1. The monoisotopic (exact) mass is 373 g/mol. The van der Waals surface area contributed by atoms with Crippen molar-refractivity contribution in [3.05, 3.63) is 28.5 Å². The molecule has 1 N–H and O–H groups in total. The van der Waals surface area contributed by atoms with E-state index in [9.17, 15) is 9.18 Å². The Morgan fingerprint density at radius 1 is 1.48 bits per heavy atom. The molecular weight excluding hydrogens is 361 g/mol. The van der Waals surface area contributed by atoms with Gasteiger partial charge >= 0.3 is 5.97 Å². The van der Waals surface area contributed by atoms with Crippen LogP contribution in [0.15, 0.2) is 27.8 Å². The molecule has 0 spiro atoms. The fourth-order valence-electron chi connectivity index (χ4n) is 1.82. The number of hydrogen-bond acceptors (Lipinski definition) is 4. The molecule has 0 aliphatic carbocycles. The zero-order valence-corrected chi connectivity index (χ0v) is 13.6. The number of nitrogens with zero attached hydrogens (tertiary/aromatic N) is 3. The first-order chi connectivity index (χ1) is 10.0. The van der Waals surface area contributed by atoms with Crippen molar-refractivity contribution in [2.24, 2.45) is 0 Å². The molecule has 1 aromatic carbocycles. The van der Waals surface area contributed by atoms with Crippen molar-refractivity contribution in [2.75, 3.05) is 5.75 Å². The predicted octanol–water partition coefficient (Wildman–Crippen LogP) is 3.43. The number of thioether (sulfide) groups is 1. The molecule has 1 heterocycles. The average Bonchev–Trinajstić information content (AvgIpc) is 2.80. The van der Waals surface area contributed by atoms with E-state index in [4.69, 9.17) is 5.11 Å². The lowest BCUT2D eigenvalue weighted by atomic mass is 10.2. The summed E-state index contributed by atoms with van der Waals surface area (Å²) in [5.41, 5.74) is 0.348. The number of aliphatic carboxylic acids is 1. The first kappa shape index (κ1) is 16.0. The summed E-state index contributed by atoms with van der Waals surface area (Å²) in [7, 11) is 0. The van der Waals surface area contributed by atoms with Crippen molar-refractivity contribution in [3.8, 4) is 11.4 Å². The molecule has 0 bridgehead atoms. The summed E-state index contributed by atoms with van der Waals surface area (Å²) in [5.74, 6) is -1.02. The van der Waals surface area contributed by atoms with Crippen molar-refractivity contribution in [1.82, 2.24) is 14.8 Å². The van der Waals surface area contributed by atoms with Crippen LogP contribution >= 0.6 is 27.7 Å². The van der Waals surface area contributed by atoms with Crippen LogP contribution < -0.4 is 0 Å². The normalized spacial score (nSPS) is 10.8. The summed E-state index contributed by atoms with van der Waals surface area (Å²) in [4.78, 5) is 10.7. The quantitative estimate of drug-likeness (QED) is 0.785. The van der Waals surface area contributed by atoms with Gasteiger partial charge < -0.3 is 9.67 Å². The van der Waals surface area contributed by atoms with E-state index in [2.05, 4.69) is 26.1 Å². The highest BCUT2D eigenvalue weighted by molar-refractivity contribution is 9.10. The molecule has 112 valence electrons. The number of benzene rings is 1. The number of halogens is 2. The van der Waals surface area contributed by atoms with Gasteiger partial charge in [-0.15, -0.1) is 10.2 Å². The van der Waals surface area contributed by atoms with Crippen molar-refractivity contribution in [2.45, 2.75) is 25.0 Å². The van der Waals surface area contributed by atoms with Gasteiger partial charge in [0.25, 0.3) is 0 Å².